The van der Waals surface area contributed by atoms with Gasteiger partial charge in [-0.15, -0.1) is 0 Å². The van der Waals surface area contributed by atoms with Crippen LogP contribution in [0, 0.1) is 6.92 Å². The van der Waals surface area contributed by atoms with E-state index in [-0.39, 0.29) is 0 Å². The molecule has 0 amide bonds. The van der Waals surface area contributed by atoms with E-state index in [1.54, 1.807) is 0 Å². The van der Waals surface area contributed by atoms with Gasteiger partial charge < -0.3 is 4.90 Å². The fourth-order valence-electron chi connectivity index (χ4n) is 2.71. The van der Waals surface area contributed by atoms with Crippen LogP contribution in [0.3, 0.4) is 0 Å². The Balaban J connectivity index is 1.82. The molecule has 2 heterocycles. The van der Waals surface area contributed by atoms with Gasteiger partial charge >= 0.3 is 0 Å². The van der Waals surface area contributed by atoms with Crippen molar-refractivity contribution in [3.63, 3.8) is 0 Å². The van der Waals surface area contributed by atoms with E-state index in [1.165, 1.54) is 5.56 Å². The van der Waals surface area contributed by atoms with E-state index >= 15 is 0 Å². The molecule has 1 aromatic heterocycles. The minimum atomic E-state index is -1.24. The van der Waals surface area contributed by atoms with E-state index in [1.807, 2.05) is 28.2 Å². The molecule has 0 saturated carbocycles. The van der Waals surface area contributed by atoms with Crippen LogP contribution in [0.1, 0.15) is 5.56 Å². The maximum absolute atomic E-state index is 12.5. The average molecular weight is 307 g/mol. The second-order valence-electron chi connectivity index (χ2n) is 5.53. The summed E-state index contributed by atoms with van der Waals surface area (Å²) in [6, 6.07) is 6.08. The molecule has 1 N–H and O–H groups in total. The van der Waals surface area contributed by atoms with E-state index in [0.717, 1.165) is 37.1 Å². The van der Waals surface area contributed by atoms with Crippen molar-refractivity contribution in [1.82, 2.24) is 19.0 Å². The predicted octanol–water partition coefficient (Wildman–Crippen LogP) is 1.12. The molecule has 3 rings (SSSR count). The van der Waals surface area contributed by atoms with Gasteiger partial charge in [-0.1, -0.05) is 12.1 Å². The van der Waals surface area contributed by atoms with Gasteiger partial charge in [-0.05, 0) is 25.6 Å². The van der Waals surface area contributed by atoms with Gasteiger partial charge in [0.2, 0.25) is 0 Å². The summed E-state index contributed by atoms with van der Waals surface area (Å²) in [7, 11) is 4.00. The Labute approximate surface area is 127 Å². The third-order valence-corrected chi connectivity index (χ3v) is 5.15. The first-order valence-corrected chi connectivity index (χ1v) is 8.21. The standard InChI is InChI=1S/C14H21N5OS/c1-11-5-4-6-12-13(11)18(3)15-14(12)16-21(20)19-9-7-17(2)8-10-19/h4-6H,7-10H2,1-3H3,(H,15,16). The van der Waals surface area contributed by atoms with Crippen molar-refractivity contribution >= 4 is 27.9 Å². The molecule has 0 radical (unpaired) electrons. The summed E-state index contributed by atoms with van der Waals surface area (Å²) in [4.78, 5) is 2.24. The summed E-state index contributed by atoms with van der Waals surface area (Å²) in [5, 5.41) is 5.49. The lowest BCUT2D eigenvalue weighted by Gasteiger charge is -2.30. The number of nitrogens with one attached hydrogen (secondary N) is 1. The minimum Gasteiger partial charge on any atom is -0.304 e. The van der Waals surface area contributed by atoms with Gasteiger partial charge in [0.25, 0.3) is 0 Å². The highest BCUT2D eigenvalue weighted by Crippen LogP contribution is 2.25. The number of piperazine rings is 1. The Morgan fingerprint density at radius 2 is 1.90 bits per heavy atom. The van der Waals surface area contributed by atoms with E-state index in [9.17, 15) is 4.21 Å². The fourth-order valence-corrected chi connectivity index (χ4v) is 3.65. The van der Waals surface area contributed by atoms with Crippen LogP contribution in [0.25, 0.3) is 10.9 Å². The normalized spacial score (nSPS) is 19.0. The Hall–Kier alpha value is -1.44. The number of nitrogens with zero attached hydrogens (tertiary/aromatic N) is 4. The number of fused-ring (bicyclic) bond motifs is 1. The number of para-hydroxylation sites is 1. The van der Waals surface area contributed by atoms with E-state index in [4.69, 9.17) is 0 Å². The highest BCUT2D eigenvalue weighted by atomic mass is 32.2. The topological polar surface area (TPSA) is 53.4 Å². The summed E-state index contributed by atoms with van der Waals surface area (Å²) in [6.07, 6.45) is 0. The van der Waals surface area contributed by atoms with Crippen LogP contribution in [-0.2, 0) is 18.2 Å². The van der Waals surface area contributed by atoms with Crippen LogP contribution in [0.2, 0.25) is 0 Å². The molecule has 7 heteroatoms. The molecule has 1 saturated heterocycles. The minimum absolute atomic E-state index is 0.688. The van der Waals surface area contributed by atoms with E-state index in [2.05, 4.69) is 34.8 Å². The maximum Gasteiger partial charge on any atom is 0.197 e. The summed E-state index contributed by atoms with van der Waals surface area (Å²) < 4.78 is 19.3. The van der Waals surface area contributed by atoms with Gasteiger partial charge in [0.15, 0.2) is 17.0 Å². The Morgan fingerprint density at radius 1 is 1.19 bits per heavy atom. The summed E-state index contributed by atoms with van der Waals surface area (Å²) in [5.74, 6) is 0.688. The van der Waals surface area contributed by atoms with E-state index < -0.39 is 11.2 Å². The molecule has 0 aliphatic carbocycles. The van der Waals surface area contributed by atoms with Gasteiger partial charge in [-0.25, -0.2) is 8.51 Å². The zero-order valence-electron chi connectivity index (χ0n) is 12.7. The number of aromatic nitrogens is 2. The number of aryl methyl sites for hydroxylation is 2. The molecule has 0 bridgehead atoms. The number of anilines is 1. The van der Waals surface area contributed by atoms with Crippen LogP contribution < -0.4 is 4.72 Å². The molecule has 21 heavy (non-hydrogen) atoms. The SMILES string of the molecule is Cc1cccc2c(NS(=O)N3CCN(C)CC3)nn(C)c12. The summed E-state index contributed by atoms with van der Waals surface area (Å²) in [5.41, 5.74) is 2.25. The first kappa shape index (κ1) is 14.5. The number of likely N-dealkylation sites (N-methyl/N-ethyl adjacent to an activating group) is 1. The molecular formula is C14H21N5OS. The molecule has 1 aromatic carbocycles. The van der Waals surface area contributed by atoms with Crippen molar-refractivity contribution < 1.29 is 4.21 Å². The average Bonchev–Trinajstić information content (AvgIpc) is 2.77. The van der Waals surface area contributed by atoms with E-state index in [0.29, 0.717) is 5.82 Å². The molecule has 1 fully saturated rings. The molecule has 1 unspecified atom stereocenters. The lowest BCUT2D eigenvalue weighted by atomic mass is 10.1. The van der Waals surface area contributed by atoms with Gasteiger partial charge in [-0.3, -0.25) is 9.40 Å². The van der Waals surface area contributed by atoms with Crippen LogP contribution >= 0.6 is 0 Å². The summed E-state index contributed by atoms with van der Waals surface area (Å²) in [6.45, 7) is 5.55. The molecule has 1 aliphatic rings. The molecule has 6 nitrogen and oxygen atoms in total. The largest absolute Gasteiger partial charge is 0.304 e. The van der Waals surface area contributed by atoms with Crippen molar-refractivity contribution in [3.8, 4) is 0 Å². The Bertz CT molecular complexity index is 675. The fraction of sp³-hybridized carbons (Fsp3) is 0.500. The van der Waals surface area contributed by atoms with Crippen LogP contribution in [0.15, 0.2) is 18.2 Å². The van der Waals surface area contributed by atoms with Crippen LogP contribution in [0.4, 0.5) is 5.82 Å². The zero-order valence-corrected chi connectivity index (χ0v) is 13.5. The number of rotatable bonds is 3. The second-order valence-corrected chi connectivity index (χ2v) is 6.75. The number of hydrogen-bond acceptors (Lipinski definition) is 3. The Kier molecular flexibility index (Phi) is 3.97. The molecule has 2 aromatic rings. The molecule has 0 spiro atoms. The third-order valence-electron chi connectivity index (χ3n) is 3.95. The molecular weight excluding hydrogens is 286 g/mol. The summed E-state index contributed by atoms with van der Waals surface area (Å²) >= 11 is -1.24. The first-order chi connectivity index (χ1) is 10.1. The molecule has 114 valence electrons. The van der Waals surface area contributed by atoms with Crippen molar-refractivity contribution in [3.05, 3.63) is 23.8 Å². The lowest BCUT2D eigenvalue weighted by molar-refractivity contribution is 0.229. The van der Waals surface area contributed by atoms with Crippen molar-refractivity contribution in [2.45, 2.75) is 6.92 Å². The quantitative estimate of drug-likeness (QED) is 0.924. The van der Waals surface area contributed by atoms with Crippen molar-refractivity contribution in [1.29, 1.82) is 0 Å². The Morgan fingerprint density at radius 3 is 2.62 bits per heavy atom. The first-order valence-electron chi connectivity index (χ1n) is 7.10. The zero-order chi connectivity index (χ0) is 15.0. The van der Waals surface area contributed by atoms with Gasteiger partial charge in [0.1, 0.15) is 0 Å². The number of benzene rings is 1. The predicted molar refractivity (Wildman–Crippen MR) is 86.3 cm³/mol. The monoisotopic (exact) mass is 307 g/mol. The lowest BCUT2D eigenvalue weighted by Crippen LogP contribution is -2.46. The van der Waals surface area contributed by atoms with Crippen molar-refractivity contribution in [2.75, 3.05) is 37.9 Å². The number of hydrogen-bond donors (Lipinski definition) is 1. The highest BCUT2D eigenvalue weighted by Gasteiger charge is 2.21. The van der Waals surface area contributed by atoms with Gasteiger partial charge in [-0.2, -0.15) is 5.10 Å². The third kappa shape index (κ3) is 2.81. The second kappa shape index (κ2) is 5.75. The maximum atomic E-state index is 12.5. The van der Waals surface area contributed by atoms with Crippen molar-refractivity contribution in [2.24, 2.45) is 7.05 Å². The smallest absolute Gasteiger partial charge is 0.197 e. The van der Waals surface area contributed by atoms with Gasteiger partial charge in [0.05, 0.1) is 5.52 Å². The molecule has 1 aliphatic heterocycles. The van der Waals surface area contributed by atoms with Crippen LogP contribution in [0.5, 0.6) is 0 Å². The highest BCUT2D eigenvalue weighted by molar-refractivity contribution is 7.84. The van der Waals surface area contributed by atoms with Gasteiger partial charge in [0, 0.05) is 38.6 Å². The van der Waals surface area contributed by atoms with Crippen LogP contribution in [-0.4, -0.2) is 56.4 Å². The molecule has 1 atom stereocenters.